The molecule has 4 aromatic rings. The number of benzene rings is 4. The van der Waals surface area contributed by atoms with Crippen LogP contribution in [0.1, 0.15) is 64.9 Å². The molecule has 0 saturated heterocycles. The predicted octanol–water partition coefficient (Wildman–Crippen LogP) is 11.8. The lowest BCUT2D eigenvalue weighted by molar-refractivity contribution is 0.269. The molecule has 0 amide bonds. The maximum Gasteiger partial charge on any atom is 0.128 e. The van der Waals surface area contributed by atoms with E-state index in [1.165, 1.54) is 62.8 Å². The SMILES string of the molecule is CCCC1=C(CC)C2=CCC(N(c3ccc(-c4ccc5c(c4)C4C=CC=CC4O5)cc3)c3ccc4ccccc4c3)C=C2C1(C)C. The van der Waals surface area contributed by atoms with Crippen LogP contribution in [0.5, 0.6) is 5.75 Å². The molecule has 1 aliphatic heterocycles. The fraction of sp³-hybridized carbons (Fsp3) is 0.273. The van der Waals surface area contributed by atoms with Gasteiger partial charge in [0.05, 0.1) is 6.04 Å². The molecule has 3 aliphatic carbocycles. The molecule has 230 valence electrons. The fourth-order valence-corrected chi connectivity index (χ4v) is 8.42. The maximum absolute atomic E-state index is 6.22. The van der Waals surface area contributed by atoms with Gasteiger partial charge in [0, 0.05) is 28.3 Å². The molecule has 3 atom stereocenters. The summed E-state index contributed by atoms with van der Waals surface area (Å²) in [6.45, 7) is 9.53. The third-order valence-electron chi connectivity index (χ3n) is 10.7. The Hall–Kier alpha value is -4.56. The summed E-state index contributed by atoms with van der Waals surface area (Å²) >= 11 is 0. The maximum atomic E-state index is 6.22. The first-order valence-electron chi connectivity index (χ1n) is 17.2. The van der Waals surface area contributed by atoms with E-state index in [4.69, 9.17) is 4.74 Å². The molecule has 1 heterocycles. The Balaban J connectivity index is 1.18. The number of nitrogens with zero attached hydrogens (tertiary/aromatic N) is 1. The van der Waals surface area contributed by atoms with Crippen LogP contribution in [-0.2, 0) is 0 Å². The average molecular weight is 602 g/mol. The highest BCUT2D eigenvalue weighted by Crippen LogP contribution is 2.54. The minimum absolute atomic E-state index is 0.0599. The van der Waals surface area contributed by atoms with Gasteiger partial charge in [-0.1, -0.05) is 119 Å². The van der Waals surface area contributed by atoms with Crippen molar-refractivity contribution in [1.82, 2.24) is 0 Å². The van der Waals surface area contributed by atoms with Gasteiger partial charge in [0.25, 0.3) is 0 Å². The summed E-state index contributed by atoms with van der Waals surface area (Å²) in [5.74, 6) is 1.30. The van der Waals surface area contributed by atoms with Crippen molar-refractivity contribution >= 4 is 22.1 Å². The van der Waals surface area contributed by atoms with Crippen LogP contribution >= 0.6 is 0 Å². The highest BCUT2D eigenvalue weighted by molar-refractivity contribution is 5.87. The van der Waals surface area contributed by atoms with Crippen LogP contribution in [0.2, 0.25) is 0 Å². The zero-order valence-electron chi connectivity index (χ0n) is 27.5. The van der Waals surface area contributed by atoms with Gasteiger partial charge >= 0.3 is 0 Å². The number of ether oxygens (including phenoxy) is 1. The van der Waals surface area contributed by atoms with Gasteiger partial charge in [-0.3, -0.25) is 0 Å². The van der Waals surface area contributed by atoms with Crippen molar-refractivity contribution in [3.8, 4) is 16.9 Å². The molecule has 46 heavy (non-hydrogen) atoms. The largest absolute Gasteiger partial charge is 0.485 e. The molecule has 4 aromatic carbocycles. The average Bonchev–Trinajstić information content (AvgIpc) is 3.56. The van der Waals surface area contributed by atoms with Crippen LogP contribution in [0.3, 0.4) is 0 Å². The van der Waals surface area contributed by atoms with Crippen molar-refractivity contribution in [3.63, 3.8) is 0 Å². The van der Waals surface area contributed by atoms with Crippen LogP contribution < -0.4 is 9.64 Å². The predicted molar refractivity (Wildman–Crippen MR) is 194 cm³/mol. The van der Waals surface area contributed by atoms with E-state index in [1.54, 1.807) is 11.1 Å². The Bertz CT molecular complexity index is 1980. The third-order valence-corrected chi connectivity index (χ3v) is 10.7. The van der Waals surface area contributed by atoms with Crippen molar-refractivity contribution in [1.29, 1.82) is 0 Å². The lowest BCUT2D eigenvalue weighted by atomic mass is 9.77. The van der Waals surface area contributed by atoms with Crippen LogP contribution in [0.15, 0.2) is 144 Å². The molecule has 2 heteroatoms. The lowest BCUT2D eigenvalue weighted by Gasteiger charge is -2.36. The van der Waals surface area contributed by atoms with Gasteiger partial charge in [-0.2, -0.15) is 0 Å². The molecule has 0 aromatic heterocycles. The molecule has 3 unspecified atom stereocenters. The Morgan fingerprint density at radius 3 is 2.37 bits per heavy atom. The minimum Gasteiger partial charge on any atom is -0.485 e. The van der Waals surface area contributed by atoms with E-state index >= 15 is 0 Å². The Morgan fingerprint density at radius 2 is 1.57 bits per heavy atom. The quantitative estimate of drug-likeness (QED) is 0.209. The van der Waals surface area contributed by atoms with Crippen LogP contribution in [0.25, 0.3) is 21.9 Å². The van der Waals surface area contributed by atoms with Crippen LogP contribution in [-0.4, -0.2) is 12.1 Å². The minimum atomic E-state index is 0.0599. The molecule has 0 saturated carbocycles. The van der Waals surface area contributed by atoms with E-state index in [-0.39, 0.29) is 17.6 Å². The van der Waals surface area contributed by atoms with Gasteiger partial charge in [-0.25, -0.2) is 0 Å². The molecule has 2 nitrogen and oxygen atoms in total. The number of anilines is 2. The van der Waals surface area contributed by atoms with Crippen LogP contribution in [0.4, 0.5) is 11.4 Å². The summed E-state index contributed by atoms with van der Waals surface area (Å²) in [4.78, 5) is 2.57. The summed E-state index contributed by atoms with van der Waals surface area (Å²) in [5, 5.41) is 2.54. The van der Waals surface area contributed by atoms with E-state index in [0.29, 0.717) is 5.92 Å². The van der Waals surface area contributed by atoms with E-state index < -0.39 is 0 Å². The first-order valence-corrected chi connectivity index (χ1v) is 17.2. The summed E-state index contributed by atoms with van der Waals surface area (Å²) in [5.41, 5.74) is 12.5. The molecular weight excluding hydrogens is 558 g/mol. The zero-order chi connectivity index (χ0) is 31.4. The van der Waals surface area contributed by atoms with Crippen molar-refractivity contribution in [2.75, 3.05) is 4.90 Å². The number of hydrogen-bond donors (Lipinski definition) is 0. The second-order valence-electron chi connectivity index (χ2n) is 13.8. The molecule has 0 radical (unpaired) electrons. The van der Waals surface area contributed by atoms with E-state index in [0.717, 1.165) is 18.6 Å². The summed E-state index contributed by atoms with van der Waals surface area (Å²) < 4.78 is 6.22. The van der Waals surface area contributed by atoms with Crippen molar-refractivity contribution in [2.45, 2.75) is 71.4 Å². The summed E-state index contributed by atoms with van der Waals surface area (Å²) in [7, 11) is 0. The number of hydrogen-bond acceptors (Lipinski definition) is 2. The topological polar surface area (TPSA) is 12.5 Å². The smallest absolute Gasteiger partial charge is 0.128 e. The Morgan fingerprint density at radius 1 is 0.804 bits per heavy atom. The number of rotatable bonds is 7. The first-order chi connectivity index (χ1) is 22.5. The molecule has 8 rings (SSSR count). The number of fused-ring (bicyclic) bond motifs is 5. The van der Waals surface area contributed by atoms with Gasteiger partial charge in [0.15, 0.2) is 0 Å². The highest BCUT2D eigenvalue weighted by Gasteiger charge is 2.41. The molecule has 0 bridgehead atoms. The first kappa shape index (κ1) is 28.9. The number of allylic oxidation sites excluding steroid dienone is 6. The van der Waals surface area contributed by atoms with Gasteiger partial charge in [0.2, 0.25) is 0 Å². The van der Waals surface area contributed by atoms with Crippen molar-refractivity contribution in [2.24, 2.45) is 5.41 Å². The Kier molecular flexibility index (Phi) is 7.13. The second kappa shape index (κ2) is 11.4. The highest BCUT2D eigenvalue weighted by atomic mass is 16.5. The molecule has 0 N–H and O–H groups in total. The molecule has 4 aliphatic rings. The fourth-order valence-electron chi connectivity index (χ4n) is 8.42. The van der Waals surface area contributed by atoms with Crippen molar-refractivity contribution in [3.05, 3.63) is 149 Å². The summed E-state index contributed by atoms with van der Waals surface area (Å²) in [6.07, 6.45) is 18.4. The molecule has 0 fully saturated rings. The standard InChI is InChI=1S/C44H43NO/c1-5-11-40-36(6-2)37-24-23-35(28-41(37)44(40,3)4)45(34-22-18-29-12-7-8-13-31(29)26-34)33-20-16-30(17-21-33)32-19-25-43-39(27-32)38-14-9-10-15-42(38)46-43/h7-10,12-22,24-28,35,38,42H,5-6,11,23H2,1-4H3. The zero-order valence-corrected chi connectivity index (χ0v) is 27.5. The van der Waals surface area contributed by atoms with Gasteiger partial charge < -0.3 is 9.64 Å². The monoisotopic (exact) mass is 601 g/mol. The Labute approximate surface area is 274 Å². The molecule has 0 spiro atoms. The van der Waals surface area contributed by atoms with Crippen LogP contribution in [0, 0.1) is 5.41 Å². The summed E-state index contributed by atoms with van der Waals surface area (Å²) in [6, 6.07) is 31.7. The van der Waals surface area contributed by atoms with Gasteiger partial charge in [-0.15, -0.1) is 0 Å². The van der Waals surface area contributed by atoms with E-state index in [2.05, 4.69) is 154 Å². The normalized spacial score (nSPS) is 22.2. The third kappa shape index (κ3) is 4.69. The van der Waals surface area contributed by atoms with E-state index in [1.807, 2.05) is 0 Å². The lowest BCUT2D eigenvalue weighted by Crippen LogP contribution is -2.32. The van der Waals surface area contributed by atoms with E-state index in [9.17, 15) is 0 Å². The van der Waals surface area contributed by atoms with Crippen molar-refractivity contribution < 1.29 is 4.74 Å². The van der Waals surface area contributed by atoms with Gasteiger partial charge in [0.1, 0.15) is 11.9 Å². The molecular formula is C44H43NO. The van der Waals surface area contributed by atoms with Gasteiger partial charge in [-0.05, 0) is 100 Å². The second-order valence-corrected chi connectivity index (χ2v) is 13.8.